The molecule has 5 rings (SSSR count). The number of carbonyl (C=O) groups is 1. The van der Waals surface area contributed by atoms with Gasteiger partial charge in [0.1, 0.15) is 11.8 Å². The number of aromatic nitrogens is 3. The Kier molecular flexibility index (Phi) is 5.14. The van der Waals surface area contributed by atoms with Gasteiger partial charge in [-0.05, 0) is 49.7 Å². The summed E-state index contributed by atoms with van der Waals surface area (Å²) in [7, 11) is 0. The van der Waals surface area contributed by atoms with Gasteiger partial charge >= 0.3 is 0 Å². The third-order valence-corrected chi connectivity index (χ3v) is 5.61. The van der Waals surface area contributed by atoms with Crippen molar-refractivity contribution in [2.24, 2.45) is 0 Å². The first-order valence-corrected chi connectivity index (χ1v) is 10.7. The zero-order valence-electron chi connectivity index (χ0n) is 18.3. The normalized spacial score (nSPS) is 15.0. The van der Waals surface area contributed by atoms with Gasteiger partial charge < -0.3 is 15.7 Å². The fourth-order valence-corrected chi connectivity index (χ4v) is 4.04. The lowest BCUT2D eigenvalue weighted by Gasteiger charge is -2.28. The molecule has 1 aromatic heterocycles. The van der Waals surface area contributed by atoms with Gasteiger partial charge in [0.05, 0.1) is 5.57 Å². The molecule has 7 nitrogen and oxygen atoms in total. The van der Waals surface area contributed by atoms with Crippen LogP contribution < -0.4 is 10.6 Å². The highest BCUT2D eigenvalue weighted by Gasteiger charge is 2.34. The van der Waals surface area contributed by atoms with Crippen LogP contribution in [0.4, 0.5) is 11.6 Å². The number of phenols is 1. The summed E-state index contributed by atoms with van der Waals surface area (Å²) in [5, 5.41) is 20.8. The molecule has 3 N–H and O–H groups in total. The number of nitrogens with one attached hydrogen (secondary N) is 2. The number of para-hydroxylation sites is 1. The summed E-state index contributed by atoms with van der Waals surface area (Å²) in [6, 6.07) is 23.6. The summed E-state index contributed by atoms with van der Waals surface area (Å²) in [6.45, 7) is 3.88. The second-order valence-electron chi connectivity index (χ2n) is 8.05. The predicted octanol–water partition coefficient (Wildman–Crippen LogP) is 4.89. The van der Waals surface area contributed by atoms with E-state index in [4.69, 9.17) is 10.1 Å². The predicted molar refractivity (Wildman–Crippen MR) is 128 cm³/mol. The topological polar surface area (TPSA) is 92.1 Å². The number of rotatable bonds is 4. The van der Waals surface area contributed by atoms with Crippen molar-refractivity contribution in [2.45, 2.75) is 19.9 Å². The Morgan fingerprint density at radius 3 is 2.48 bits per heavy atom. The molecule has 1 atom stereocenters. The van der Waals surface area contributed by atoms with Crippen LogP contribution >= 0.6 is 0 Å². The number of aryl methyl sites for hydroxylation is 1. The van der Waals surface area contributed by atoms with Gasteiger partial charge in [-0.1, -0.05) is 54.1 Å². The Bertz CT molecular complexity index is 1360. The Morgan fingerprint density at radius 2 is 1.76 bits per heavy atom. The third kappa shape index (κ3) is 3.96. The lowest BCUT2D eigenvalue weighted by molar-refractivity contribution is -0.113. The van der Waals surface area contributed by atoms with Crippen molar-refractivity contribution >= 4 is 17.5 Å². The van der Waals surface area contributed by atoms with E-state index in [0.29, 0.717) is 28.7 Å². The van der Waals surface area contributed by atoms with Gasteiger partial charge in [0.15, 0.2) is 5.82 Å². The molecule has 3 aromatic carbocycles. The monoisotopic (exact) mass is 437 g/mol. The Morgan fingerprint density at radius 1 is 1.00 bits per heavy atom. The van der Waals surface area contributed by atoms with Crippen LogP contribution in [-0.4, -0.2) is 25.8 Å². The number of anilines is 2. The smallest absolute Gasteiger partial charge is 0.255 e. The quantitative estimate of drug-likeness (QED) is 0.423. The van der Waals surface area contributed by atoms with Gasteiger partial charge in [0.2, 0.25) is 5.95 Å². The van der Waals surface area contributed by atoms with E-state index in [0.717, 1.165) is 16.7 Å². The molecule has 0 radical (unpaired) electrons. The molecule has 0 spiro atoms. The van der Waals surface area contributed by atoms with Gasteiger partial charge in [-0.15, -0.1) is 5.10 Å². The van der Waals surface area contributed by atoms with Crippen LogP contribution in [-0.2, 0) is 4.79 Å². The fraction of sp³-hybridized carbons (Fsp3) is 0.115. The number of hydrogen-bond acceptors (Lipinski definition) is 5. The average Bonchev–Trinajstić information content (AvgIpc) is 3.23. The third-order valence-electron chi connectivity index (χ3n) is 5.61. The maximum absolute atomic E-state index is 13.4. The Balaban J connectivity index is 1.61. The maximum Gasteiger partial charge on any atom is 0.255 e. The molecular weight excluding hydrogens is 414 g/mol. The maximum atomic E-state index is 13.4. The van der Waals surface area contributed by atoms with Crippen molar-refractivity contribution in [1.29, 1.82) is 0 Å². The molecule has 4 aromatic rings. The average molecular weight is 438 g/mol. The first-order chi connectivity index (χ1) is 16.0. The summed E-state index contributed by atoms with van der Waals surface area (Å²) in [4.78, 5) is 18.1. The highest BCUT2D eigenvalue weighted by molar-refractivity contribution is 6.06. The molecule has 7 heteroatoms. The number of benzene rings is 3. The number of fused-ring (bicyclic) bond motifs is 1. The second-order valence-corrected chi connectivity index (χ2v) is 8.05. The SMILES string of the molecule is CC1=C(C(=O)Nc2ccccc2)C(c2ccc(O)cc2)n2nc(-c3cccc(C)c3)nc2N1. The van der Waals surface area contributed by atoms with E-state index in [2.05, 4.69) is 10.6 Å². The molecular formula is C26H23N5O2. The van der Waals surface area contributed by atoms with Crippen LogP contribution in [0.25, 0.3) is 11.4 Å². The first kappa shape index (κ1) is 20.5. The number of amides is 1. The number of nitrogens with zero attached hydrogens (tertiary/aromatic N) is 3. The summed E-state index contributed by atoms with van der Waals surface area (Å²) in [5.41, 5.74) is 4.75. The van der Waals surface area contributed by atoms with E-state index in [-0.39, 0.29) is 11.7 Å². The van der Waals surface area contributed by atoms with Gasteiger partial charge in [0, 0.05) is 16.9 Å². The van der Waals surface area contributed by atoms with Crippen molar-refractivity contribution in [3.05, 3.63) is 101 Å². The van der Waals surface area contributed by atoms with E-state index in [9.17, 15) is 9.90 Å². The van der Waals surface area contributed by atoms with Gasteiger partial charge in [-0.25, -0.2) is 4.68 Å². The van der Waals surface area contributed by atoms with Gasteiger partial charge in [-0.3, -0.25) is 4.79 Å². The molecule has 1 unspecified atom stereocenters. The number of allylic oxidation sites excluding steroid dienone is 1. The van der Waals surface area contributed by atoms with Crippen LogP contribution in [0.15, 0.2) is 90.1 Å². The summed E-state index contributed by atoms with van der Waals surface area (Å²) in [6.07, 6.45) is 0. The van der Waals surface area contributed by atoms with Gasteiger partial charge in [0.25, 0.3) is 5.91 Å². The summed E-state index contributed by atoms with van der Waals surface area (Å²) in [5.74, 6) is 1.05. The highest BCUT2D eigenvalue weighted by Crippen LogP contribution is 2.37. The van der Waals surface area contributed by atoms with E-state index in [1.165, 1.54) is 0 Å². The van der Waals surface area contributed by atoms with Crippen molar-refractivity contribution in [3.8, 4) is 17.1 Å². The van der Waals surface area contributed by atoms with E-state index < -0.39 is 6.04 Å². The summed E-state index contributed by atoms with van der Waals surface area (Å²) >= 11 is 0. The lowest BCUT2D eigenvalue weighted by atomic mass is 9.95. The number of hydrogen-bond donors (Lipinski definition) is 3. The molecule has 33 heavy (non-hydrogen) atoms. The number of carbonyl (C=O) groups excluding carboxylic acids is 1. The van der Waals surface area contributed by atoms with Crippen molar-refractivity contribution in [3.63, 3.8) is 0 Å². The van der Waals surface area contributed by atoms with Crippen molar-refractivity contribution < 1.29 is 9.90 Å². The second kappa shape index (κ2) is 8.27. The van der Waals surface area contributed by atoms with Crippen LogP contribution in [0.3, 0.4) is 0 Å². The largest absolute Gasteiger partial charge is 0.508 e. The van der Waals surface area contributed by atoms with E-state index >= 15 is 0 Å². The van der Waals surface area contributed by atoms with Crippen LogP contribution in [0.5, 0.6) is 5.75 Å². The van der Waals surface area contributed by atoms with Gasteiger partial charge in [-0.2, -0.15) is 4.98 Å². The van der Waals surface area contributed by atoms with Crippen LogP contribution in [0, 0.1) is 6.92 Å². The van der Waals surface area contributed by atoms with Crippen LogP contribution in [0.2, 0.25) is 0 Å². The zero-order valence-corrected chi connectivity index (χ0v) is 18.3. The van der Waals surface area contributed by atoms with Crippen LogP contribution in [0.1, 0.15) is 24.1 Å². The highest BCUT2D eigenvalue weighted by atomic mass is 16.3. The minimum atomic E-state index is -0.517. The Labute approximate surface area is 191 Å². The molecule has 1 amide bonds. The number of phenolic OH excluding ortho intramolecular Hbond substituents is 1. The minimum Gasteiger partial charge on any atom is -0.508 e. The zero-order chi connectivity index (χ0) is 22.9. The molecule has 1 aliphatic rings. The molecule has 2 heterocycles. The Hall–Kier alpha value is -4.39. The summed E-state index contributed by atoms with van der Waals surface area (Å²) < 4.78 is 1.73. The molecule has 0 bridgehead atoms. The molecule has 164 valence electrons. The molecule has 0 fully saturated rings. The minimum absolute atomic E-state index is 0.155. The fourth-order valence-electron chi connectivity index (χ4n) is 4.04. The molecule has 0 aliphatic carbocycles. The van der Waals surface area contributed by atoms with E-state index in [1.54, 1.807) is 28.9 Å². The number of aromatic hydroxyl groups is 1. The van der Waals surface area contributed by atoms with Crippen molar-refractivity contribution in [1.82, 2.24) is 14.8 Å². The molecule has 1 aliphatic heterocycles. The lowest BCUT2D eigenvalue weighted by Crippen LogP contribution is -2.31. The first-order valence-electron chi connectivity index (χ1n) is 10.7. The standard InChI is InChI=1S/C26H23N5O2/c1-16-7-6-8-19(15-16)24-29-26-27-17(2)22(25(33)28-20-9-4-3-5-10-20)23(31(26)30-24)18-11-13-21(32)14-12-18/h3-15,23,32H,1-2H3,(H,28,33)(H,27,29,30). The molecule has 0 saturated heterocycles. The van der Waals surface area contributed by atoms with Crippen molar-refractivity contribution in [2.75, 3.05) is 10.6 Å². The molecule has 0 saturated carbocycles. The van der Waals surface area contributed by atoms with E-state index in [1.807, 2.05) is 68.4 Å².